The van der Waals surface area contributed by atoms with Gasteiger partial charge in [-0.25, -0.2) is 0 Å². The first-order chi connectivity index (χ1) is 19.9. The molecule has 0 aromatic heterocycles. The van der Waals surface area contributed by atoms with Gasteiger partial charge in [-0.2, -0.15) is 0 Å². The first-order valence-electron chi connectivity index (χ1n) is 14.5. The average molecular weight is 568 g/mol. The van der Waals surface area contributed by atoms with Crippen molar-refractivity contribution in [3.63, 3.8) is 0 Å². The van der Waals surface area contributed by atoms with Gasteiger partial charge in [0.15, 0.2) is 0 Å². The molecule has 0 spiro atoms. The second-order valence-electron chi connectivity index (χ2n) is 11.1. The summed E-state index contributed by atoms with van der Waals surface area (Å²) in [5, 5.41) is 6.19. The Morgan fingerprint density at radius 1 is 0.854 bits per heavy atom. The first-order valence-corrected chi connectivity index (χ1v) is 14.9. The minimum atomic E-state index is -0.620. The zero-order chi connectivity index (χ0) is 28.6. The van der Waals surface area contributed by atoms with Crippen LogP contribution in [0.1, 0.15) is 29.5 Å². The molecule has 212 valence electrons. The van der Waals surface area contributed by atoms with Gasteiger partial charge in [0.1, 0.15) is 6.04 Å². The van der Waals surface area contributed by atoms with E-state index < -0.39 is 6.04 Å². The van der Waals surface area contributed by atoms with E-state index in [0.29, 0.717) is 31.0 Å². The van der Waals surface area contributed by atoms with Crippen LogP contribution in [0.2, 0.25) is 5.02 Å². The zero-order valence-corrected chi connectivity index (χ0v) is 24.4. The molecule has 6 heteroatoms. The van der Waals surface area contributed by atoms with Crippen molar-refractivity contribution < 1.29 is 9.59 Å². The molecule has 5 nitrogen and oxygen atoms in total. The van der Waals surface area contributed by atoms with Crippen LogP contribution >= 0.6 is 11.6 Å². The number of fused-ring (bicyclic) bond motifs is 1. The van der Waals surface area contributed by atoms with Gasteiger partial charge in [-0.1, -0.05) is 96.5 Å². The molecule has 0 saturated carbocycles. The molecule has 2 amide bonds. The van der Waals surface area contributed by atoms with Gasteiger partial charge in [0, 0.05) is 43.5 Å². The van der Waals surface area contributed by atoms with E-state index in [4.69, 9.17) is 11.6 Å². The number of nitrogens with one attached hydrogen (secondary N) is 1. The Balaban J connectivity index is 1.25. The van der Waals surface area contributed by atoms with E-state index in [9.17, 15) is 9.59 Å². The maximum atomic E-state index is 13.9. The Morgan fingerprint density at radius 3 is 2.34 bits per heavy atom. The lowest BCUT2D eigenvalue weighted by molar-refractivity contribution is -0.138. The highest BCUT2D eigenvalue weighted by Gasteiger charge is 2.32. The molecular formula is C35H38ClN3O2. The van der Waals surface area contributed by atoms with Crippen LogP contribution in [0.5, 0.6) is 0 Å². The second-order valence-corrected chi connectivity index (χ2v) is 11.5. The van der Waals surface area contributed by atoms with Crippen molar-refractivity contribution in [3.8, 4) is 0 Å². The van der Waals surface area contributed by atoms with Crippen LogP contribution in [-0.2, 0) is 28.9 Å². The molecular weight excluding hydrogens is 530 g/mol. The van der Waals surface area contributed by atoms with E-state index in [-0.39, 0.29) is 17.9 Å². The SMILES string of the molecule is CN1CCN(C(=O)[C@@H](Cc2ccc(Cl)cc2)NC(=O)CCCc2ccccc2)C[C@H]1Cc1ccc2ccccc2c1. The van der Waals surface area contributed by atoms with Crippen LogP contribution in [0.3, 0.4) is 0 Å². The van der Waals surface area contributed by atoms with Gasteiger partial charge < -0.3 is 10.2 Å². The van der Waals surface area contributed by atoms with Gasteiger partial charge in [0.05, 0.1) is 0 Å². The van der Waals surface area contributed by atoms with Crippen molar-refractivity contribution in [3.05, 3.63) is 119 Å². The van der Waals surface area contributed by atoms with Crippen molar-refractivity contribution in [2.24, 2.45) is 0 Å². The molecule has 4 aromatic rings. The molecule has 5 rings (SSSR count). The summed E-state index contributed by atoms with van der Waals surface area (Å²) < 4.78 is 0. The highest BCUT2D eigenvalue weighted by Crippen LogP contribution is 2.20. The molecule has 4 aromatic carbocycles. The summed E-state index contributed by atoms with van der Waals surface area (Å²) in [5.41, 5.74) is 3.45. The van der Waals surface area contributed by atoms with Crippen molar-refractivity contribution >= 4 is 34.2 Å². The maximum absolute atomic E-state index is 13.9. The number of likely N-dealkylation sites (N-methyl/N-ethyl adjacent to an activating group) is 1. The molecule has 0 bridgehead atoms. The molecule has 1 fully saturated rings. The molecule has 0 aliphatic carbocycles. The van der Waals surface area contributed by atoms with E-state index in [0.717, 1.165) is 31.4 Å². The summed E-state index contributed by atoms with van der Waals surface area (Å²) in [6, 6.07) is 32.3. The van der Waals surface area contributed by atoms with Gasteiger partial charge in [-0.15, -0.1) is 0 Å². The topological polar surface area (TPSA) is 52.6 Å². The van der Waals surface area contributed by atoms with Crippen LogP contribution in [0.25, 0.3) is 10.8 Å². The largest absolute Gasteiger partial charge is 0.344 e. The molecule has 1 aliphatic rings. The number of amides is 2. The standard InChI is InChI=1S/C35H38ClN3O2/c1-38-20-21-39(25-32(38)23-28-14-17-29-11-5-6-12-30(29)22-28)35(41)33(24-27-15-18-31(36)19-16-27)37-34(40)13-7-10-26-8-3-2-4-9-26/h2-6,8-9,11-12,14-19,22,32-33H,7,10,13,20-21,23-25H2,1H3,(H,37,40)/t32-,33-/m1/s1. The summed E-state index contributed by atoms with van der Waals surface area (Å²) in [4.78, 5) is 31.3. The van der Waals surface area contributed by atoms with Gasteiger partial charge in [-0.05, 0) is 65.9 Å². The number of nitrogens with zero attached hydrogens (tertiary/aromatic N) is 2. The maximum Gasteiger partial charge on any atom is 0.245 e. The van der Waals surface area contributed by atoms with Crippen LogP contribution in [-0.4, -0.2) is 60.4 Å². The number of hydrogen-bond donors (Lipinski definition) is 1. The fourth-order valence-electron chi connectivity index (χ4n) is 5.65. The summed E-state index contributed by atoms with van der Waals surface area (Å²) in [5.74, 6) is -0.108. The monoisotopic (exact) mass is 567 g/mol. The molecule has 0 unspecified atom stereocenters. The Hall–Kier alpha value is -3.67. The van der Waals surface area contributed by atoms with Crippen molar-refractivity contribution in [1.29, 1.82) is 0 Å². The lowest BCUT2D eigenvalue weighted by atomic mass is 9.98. The Labute approximate surface area is 248 Å². The van der Waals surface area contributed by atoms with Gasteiger partial charge >= 0.3 is 0 Å². The molecule has 2 atom stereocenters. The number of benzene rings is 4. The van der Waals surface area contributed by atoms with Crippen molar-refractivity contribution in [1.82, 2.24) is 15.1 Å². The summed E-state index contributed by atoms with van der Waals surface area (Å²) in [6.07, 6.45) is 3.24. The molecule has 0 radical (unpaired) electrons. The fraction of sp³-hybridized carbons (Fsp3) is 0.314. The number of carbonyl (C=O) groups is 2. The van der Waals surface area contributed by atoms with Crippen molar-refractivity contribution in [2.45, 2.75) is 44.2 Å². The minimum absolute atomic E-state index is 0.0204. The third-order valence-corrected chi connectivity index (χ3v) is 8.32. The lowest BCUT2D eigenvalue weighted by Gasteiger charge is -2.41. The Kier molecular flexibility index (Phi) is 9.71. The summed E-state index contributed by atoms with van der Waals surface area (Å²) >= 11 is 6.10. The van der Waals surface area contributed by atoms with E-state index in [2.05, 4.69) is 71.9 Å². The highest BCUT2D eigenvalue weighted by molar-refractivity contribution is 6.30. The zero-order valence-electron chi connectivity index (χ0n) is 23.6. The van der Waals surface area contributed by atoms with Crippen molar-refractivity contribution in [2.75, 3.05) is 26.7 Å². The lowest BCUT2D eigenvalue weighted by Crippen LogP contribution is -2.58. The van der Waals surface area contributed by atoms with E-state index in [1.54, 1.807) is 0 Å². The molecule has 1 aliphatic heterocycles. The molecule has 1 N–H and O–H groups in total. The van der Waals surface area contributed by atoms with Gasteiger partial charge in [-0.3, -0.25) is 14.5 Å². The van der Waals surface area contributed by atoms with Gasteiger partial charge in [0.25, 0.3) is 0 Å². The number of piperazine rings is 1. The number of hydrogen-bond acceptors (Lipinski definition) is 3. The van der Waals surface area contributed by atoms with E-state index in [1.165, 1.54) is 21.9 Å². The van der Waals surface area contributed by atoms with Crippen LogP contribution in [0.4, 0.5) is 0 Å². The first kappa shape index (κ1) is 28.8. The third kappa shape index (κ3) is 7.96. The quantitative estimate of drug-likeness (QED) is 0.258. The third-order valence-electron chi connectivity index (χ3n) is 8.07. The molecule has 41 heavy (non-hydrogen) atoms. The number of halogens is 1. The predicted molar refractivity (Wildman–Crippen MR) is 167 cm³/mol. The fourth-order valence-corrected chi connectivity index (χ4v) is 5.77. The van der Waals surface area contributed by atoms with Crippen LogP contribution < -0.4 is 5.32 Å². The summed E-state index contributed by atoms with van der Waals surface area (Å²) in [6.45, 7) is 2.07. The van der Waals surface area contributed by atoms with Crippen LogP contribution in [0.15, 0.2) is 97.1 Å². The number of carbonyl (C=O) groups excluding carboxylic acids is 2. The van der Waals surface area contributed by atoms with Crippen LogP contribution in [0, 0.1) is 0 Å². The van der Waals surface area contributed by atoms with E-state index in [1.807, 2.05) is 47.4 Å². The molecule has 1 saturated heterocycles. The Bertz CT molecular complexity index is 1460. The number of aryl methyl sites for hydroxylation is 1. The van der Waals surface area contributed by atoms with Gasteiger partial charge in [0.2, 0.25) is 11.8 Å². The number of rotatable bonds is 10. The molecule has 1 heterocycles. The highest BCUT2D eigenvalue weighted by atomic mass is 35.5. The predicted octanol–water partition coefficient (Wildman–Crippen LogP) is 5.93. The minimum Gasteiger partial charge on any atom is -0.344 e. The second kappa shape index (κ2) is 13.8. The smallest absolute Gasteiger partial charge is 0.245 e. The average Bonchev–Trinajstić information content (AvgIpc) is 2.99. The summed E-state index contributed by atoms with van der Waals surface area (Å²) in [7, 11) is 2.13. The Morgan fingerprint density at radius 2 is 1.56 bits per heavy atom. The van der Waals surface area contributed by atoms with E-state index >= 15 is 0 Å². The normalized spacial score (nSPS) is 16.4.